The minimum absolute atomic E-state index is 0.113. The van der Waals surface area contributed by atoms with E-state index in [1.165, 1.54) is 29.1 Å². The summed E-state index contributed by atoms with van der Waals surface area (Å²) in [6, 6.07) is 22.2. The molecule has 1 saturated heterocycles. The third-order valence-corrected chi connectivity index (χ3v) is 9.46. The fourth-order valence-electron chi connectivity index (χ4n) is 5.24. The highest BCUT2D eigenvalue weighted by atomic mass is 32.2. The molecule has 0 aromatic heterocycles. The molecule has 3 aromatic carbocycles. The second-order valence-electron chi connectivity index (χ2n) is 11.8. The third-order valence-electron chi connectivity index (χ3n) is 7.66. The van der Waals surface area contributed by atoms with Crippen LogP contribution < -0.4 is 14.4 Å². The van der Waals surface area contributed by atoms with Crippen LogP contribution in [0.4, 0.5) is 5.69 Å². The predicted octanol–water partition coefficient (Wildman–Crippen LogP) is 5.24. The smallest absolute Gasteiger partial charge is 0.264 e. The average Bonchev–Trinajstić information content (AvgIpc) is 2.96. The van der Waals surface area contributed by atoms with Gasteiger partial charge in [-0.1, -0.05) is 75.7 Å². The van der Waals surface area contributed by atoms with Gasteiger partial charge in [0.15, 0.2) is 6.10 Å². The number of hydrogen-bond donors (Lipinski definition) is 1. The third kappa shape index (κ3) is 6.34. The molecule has 1 N–H and O–H groups in total. The first-order valence-corrected chi connectivity index (χ1v) is 15.5. The van der Waals surface area contributed by atoms with Gasteiger partial charge in [-0.25, -0.2) is 8.42 Å². The molecule has 2 aliphatic rings. The fraction of sp³-hybridized carbons (Fsp3) is 0.406. The number of carbonyl (C=O) groups is 1. The Kier molecular flexibility index (Phi) is 8.19. The number of hydrogen-bond acceptors (Lipinski definition) is 5. The molecule has 1 atom stereocenters. The zero-order valence-corrected chi connectivity index (χ0v) is 24.4. The summed E-state index contributed by atoms with van der Waals surface area (Å²) in [7, 11) is -3.92. The van der Waals surface area contributed by atoms with E-state index in [2.05, 4.69) is 43.1 Å². The molecule has 8 heteroatoms. The normalized spacial score (nSPS) is 18.1. The van der Waals surface area contributed by atoms with Crippen LogP contribution in [0.25, 0.3) is 0 Å². The van der Waals surface area contributed by atoms with Crippen LogP contribution in [0.5, 0.6) is 5.75 Å². The number of sulfonamides is 1. The van der Waals surface area contributed by atoms with E-state index in [9.17, 15) is 13.2 Å². The van der Waals surface area contributed by atoms with E-state index in [0.29, 0.717) is 18.0 Å². The van der Waals surface area contributed by atoms with Gasteiger partial charge in [-0.15, -0.1) is 0 Å². The highest BCUT2D eigenvalue weighted by molar-refractivity contribution is 7.92. The van der Waals surface area contributed by atoms with Crippen LogP contribution in [0.15, 0.2) is 77.7 Å². The highest BCUT2D eigenvalue weighted by Gasteiger charge is 2.38. The molecule has 0 saturated carbocycles. The molecule has 0 unspecified atom stereocenters. The van der Waals surface area contributed by atoms with Crippen molar-refractivity contribution in [1.29, 1.82) is 0 Å². The second-order valence-corrected chi connectivity index (χ2v) is 13.6. The molecule has 3 aromatic rings. The fourth-order valence-corrected chi connectivity index (χ4v) is 6.73. The Balaban J connectivity index is 1.32. The molecular formula is C32H39N3O4S. The van der Waals surface area contributed by atoms with Crippen molar-refractivity contribution in [1.82, 2.24) is 10.2 Å². The molecule has 0 bridgehead atoms. The monoisotopic (exact) mass is 561 g/mol. The van der Waals surface area contributed by atoms with Gasteiger partial charge in [-0.2, -0.15) is 0 Å². The van der Waals surface area contributed by atoms with E-state index in [0.717, 1.165) is 30.8 Å². The van der Waals surface area contributed by atoms with Crippen molar-refractivity contribution in [2.24, 2.45) is 0 Å². The number of nitrogens with zero attached hydrogens (tertiary/aromatic N) is 2. The van der Waals surface area contributed by atoms with Crippen molar-refractivity contribution in [2.45, 2.75) is 69.5 Å². The molecule has 1 fully saturated rings. The maximum absolute atomic E-state index is 13.8. The lowest BCUT2D eigenvalue weighted by Crippen LogP contribution is -2.50. The number of nitrogens with one attached hydrogen (secondary N) is 1. The Morgan fingerprint density at radius 2 is 1.60 bits per heavy atom. The zero-order valence-electron chi connectivity index (χ0n) is 23.6. The number of anilines is 1. The van der Waals surface area contributed by atoms with Crippen LogP contribution in [-0.4, -0.2) is 45.0 Å². The summed E-state index contributed by atoms with van der Waals surface area (Å²) in [6.45, 7) is 9.70. The van der Waals surface area contributed by atoms with Crippen LogP contribution in [-0.2, 0) is 33.3 Å². The molecule has 0 radical (unpaired) electrons. The van der Waals surface area contributed by atoms with E-state index in [4.69, 9.17) is 4.74 Å². The topological polar surface area (TPSA) is 79.0 Å². The average molecular weight is 562 g/mol. The molecule has 7 nitrogen and oxygen atoms in total. The van der Waals surface area contributed by atoms with Crippen LogP contribution >= 0.6 is 0 Å². The van der Waals surface area contributed by atoms with Crippen LogP contribution in [0, 0.1) is 0 Å². The van der Waals surface area contributed by atoms with Gasteiger partial charge in [0.05, 0.1) is 17.1 Å². The lowest BCUT2D eigenvalue weighted by Gasteiger charge is -2.36. The van der Waals surface area contributed by atoms with Gasteiger partial charge in [0, 0.05) is 13.1 Å². The van der Waals surface area contributed by atoms with Gasteiger partial charge >= 0.3 is 0 Å². The molecular weight excluding hydrogens is 522 g/mol. The molecule has 0 spiro atoms. The first-order valence-electron chi connectivity index (χ1n) is 14.1. The lowest BCUT2D eigenvalue weighted by molar-refractivity contribution is -0.127. The van der Waals surface area contributed by atoms with E-state index < -0.39 is 16.1 Å². The minimum atomic E-state index is -3.92. The first-order chi connectivity index (χ1) is 19.1. The summed E-state index contributed by atoms with van der Waals surface area (Å²) in [5.41, 5.74) is 3.49. The Labute approximate surface area is 238 Å². The number of amides is 1. The van der Waals surface area contributed by atoms with Gasteiger partial charge in [0.1, 0.15) is 5.75 Å². The van der Waals surface area contributed by atoms with Crippen LogP contribution in [0.2, 0.25) is 0 Å². The van der Waals surface area contributed by atoms with E-state index in [1.807, 2.05) is 24.3 Å². The van der Waals surface area contributed by atoms with Crippen molar-refractivity contribution < 1.29 is 17.9 Å². The Bertz CT molecular complexity index is 1430. The highest BCUT2D eigenvalue weighted by Crippen LogP contribution is 2.40. The molecule has 2 aliphatic heterocycles. The number of rotatable bonds is 7. The summed E-state index contributed by atoms with van der Waals surface area (Å²) < 4.78 is 34.9. The van der Waals surface area contributed by atoms with Crippen LogP contribution in [0.1, 0.15) is 56.7 Å². The number of ether oxygens (including phenoxy) is 1. The van der Waals surface area contributed by atoms with E-state index >= 15 is 0 Å². The Morgan fingerprint density at radius 1 is 0.925 bits per heavy atom. The molecule has 212 valence electrons. The summed E-state index contributed by atoms with van der Waals surface area (Å²) in [5, 5.41) is 2.95. The Hall–Kier alpha value is -3.36. The van der Waals surface area contributed by atoms with Gasteiger partial charge in [0.2, 0.25) is 0 Å². The largest absolute Gasteiger partial charge is 0.476 e. The summed E-state index contributed by atoms with van der Waals surface area (Å²) in [5.74, 6) is 0.0252. The lowest BCUT2D eigenvalue weighted by atomic mass is 9.86. The predicted molar refractivity (Wildman–Crippen MR) is 158 cm³/mol. The summed E-state index contributed by atoms with van der Waals surface area (Å²) in [6.07, 6.45) is 2.86. The van der Waals surface area contributed by atoms with Gasteiger partial charge in [-0.05, 0) is 72.3 Å². The quantitative estimate of drug-likeness (QED) is 0.427. The molecule has 40 heavy (non-hydrogen) atoms. The van der Waals surface area contributed by atoms with Crippen molar-refractivity contribution in [3.05, 3.63) is 89.5 Å². The minimum Gasteiger partial charge on any atom is -0.476 e. The van der Waals surface area contributed by atoms with E-state index in [1.54, 1.807) is 36.4 Å². The maximum Gasteiger partial charge on any atom is 0.264 e. The maximum atomic E-state index is 13.8. The molecule has 1 amide bonds. The number of benzene rings is 3. The second kappa shape index (κ2) is 11.6. The number of fused-ring (bicyclic) bond motifs is 1. The SMILES string of the molecule is CC(C)(C)c1ccc2c(c1)N(S(=O)(=O)c1ccccc1)C[C@@H](C(=O)NCc1ccc(CN3CCCCC3)cc1)O2. The van der Waals surface area contributed by atoms with Gasteiger partial charge < -0.3 is 10.1 Å². The first kappa shape index (κ1) is 28.2. The molecule has 0 aliphatic carbocycles. The Morgan fingerprint density at radius 3 is 2.27 bits per heavy atom. The van der Waals surface area contributed by atoms with E-state index in [-0.39, 0.29) is 22.8 Å². The van der Waals surface area contributed by atoms with Crippen LogP contribution in [0.3, 0.4) is 0 Å². The van der Waals surface area contributed by atoms with Gasteiger partial charge in [0.25, 0.3) is 15.9 Å². The summed E-state index contributed by atoms with van der Waals surface area (Å²) in [4.78, 5) is 15.9. The van der Waals surface area contributed by atoms with Gasteiger partial charge in [-0.3, -0.25) is 14.0 Å². The van der Waals surface area contributed by atoms with Crippen molar-refractivity contribution in [2.75, 3.05) is 23.9 Å². The molecule has 5 rings (SSSR count). The van der Waals surface area contributed by atoms with Crippen molar-refractivity contribution in [3.63, 3.8) is 0 Å². The standard InChI is InChI=1S/C32H39N3O4S/c1-32(2,3)26-16-17-29-28(20-26)35(40(37,38)27-10-6-4-7-11-27)23-30(39-29)31(36)33-21-24-12-14-25(15-13-24)22-34-18-8-5-9-19-34/h4,6-7,10-17,20,30H,5,8-9,18-19,21-23H2,1-3H3,(H,33,36)/t30-/m0/s1. The number of piperidine rings is 1. The zero-order chi connectivity index (χ0) is 28.3. The number of carbonyl (C=O) groups excluding carboxylic acids is 1. The van der Waals surface area contributed by atoms with Crippen molar-refractivity contribution >= 4 is 21.6 Å². The summed E-state index contributed by atoms with van der Waals surface area (Å²) >= 11 is 0. The van der Waals surface area contributed by atoms with Crippen molar-refractivity contribution in [3.8, 4) is 5.75 Å². The number of likely N-dealkylation sites (tertiary alicyclic amines) is 1. The molecule has 2 heterocycles.